The van der Waals surface area contributed by atoms with Crippen molar-refractivity contribution in [2.24, 2.45) is 0 Å². The van der Waals surface area contributed by atoms with E-state index in [9.17, 15) is 4.39 Å². The van der Waals surface area contributed by atoms with Crippen molar-refractivity contribution in [3.05, 3.63) is 70.5 Å². The fourth-order valence-electron chi connectivity index (χ4n) is 2.24. The standard InChI is InChI=1S/C16H18FN/c1-11-5-4-6-15(12(11)2)16(18-3)13-7-9-14(17)10-8-13/h4-10,16,18H,1-3H3. The van der Waals surface area contributed by atoms with E-state index in [0.717, 1.165) is 5.56 Å². The van der Waals surface area contributed by atoms with Gasteiger partial charge in [-0.05, 0) is 55.3 Å². The molecule has 0 saturated heterocycles. The maximum absolute atomic E-state index is 13.0. The van der Waals surface area contributed by atoms with Crippen LogP contribution in [0.15, 0.2) is 42.5 Å². The minimum Gasteiger partial charge on any atom is -0.309 e. The summed E-state index contributed by atoms with van der Waals surface area (Å²) in [6.07, 6.45) is 0. The SMILES string of the molecule is CNC(c1ccc(F)cc1)c1cccc(C)c1C. The zero-order chi connectivity index (χ0) is 13.1. The summed E-state index contributed by atoms with van der Waals surface area (Å²) in [5.41, 5.74) is 4.87. The van der Waals surface area contributed by atoms with Gasteiger partial charge in [0.15, 0.2) is 0 Å². The molecule has 0 amide bonds. The number of rotatable bonds is 3. The molecule has 0 radical (unpaired) electrons. The maximum atomic E-state index is 13.0. The Morgan fingerprint density at radius 1 is 1.00 bits per heavy atom. The summed E-state index contributed by atoms with van der Waals surface area (Å²) in [6, 6.07) is 13.1. The summed E-state index contributed by atoms with van der Waals surface area (Å²) >= 11 is 0. The van der Waals surface area contributed by atoms with Crippen molar-refractivity contribution in [2.45, 2.75) is 19.9 Å². The first kappa shape index (κ1) is 12.8. The van der Waals surface area contributed by atoms with Crippen LogP contribution >= 0.6 is 0 Å². The van der Waals surface area contributed by atoms with Crippen molar-refractivity contribution in [3.63, 3.8) is 0 Å². The summed E-state index contributed by atoms with van der Waals surface area (Å²) in [7, 11) is 1.93. The lowest BCUT2D eigenvalue weighted by atomic mass is 9.93. The Labute approximate surface area is 108 Å². The Morgan fingerprint density at radius 3 is 2.28 bits per heavy atom. The van der Waals surface area contributed by atoms with Gasteiger partial charge in [0.05, 0.1) is 6.04 Å². The molecule has 0 aliphatic carbocycles. The molecule has 1 N–H and O–H groups in total. The van der Waals surface area contributed by atoms with E-state index in [0.29, 0.717) is 0 Å². The van der Waals surface area contributed by atoms with Crippen LogP contribution in [0.3, 0.4) is 0 Å². The molecule has 0 fully saturated rings. The molecular formula is C16H18FN. The van der Waals surface area contributed by atoms with Crippen LogP contribution in [-0.2, 0) is 0 Å². The molecule has 94 valence electrons. The molecule has 2 aromatic carbocycles. The summed E-state index contributed by atoms with van der Waals surface area (Å²) in [6.45, 7) is 4.23. The first-order valence-corrected chi connectivity index (χ1v) is 6.12. The molecule has 0 aromatic heterocycles. The molecule has 0 saturated carbocycles. The fourth-order valence-corrected chi connectivity index (χ4v) is 2.24. The molecule has 2 aromatic rings. The van der Waals surface area contributed by atoms with Gasteiger partial charge in [0.25, 0.3) is 0 Å². The Balaban J connectivity index is 2.45. The van der Waals surface area contributed by atoms with Crippen molar-refractivity contribution < 1.29 is 4.39 Å². The molecule has 0 heterocycles. The van der Waals surface area contributed by atoms with Gasteiger partial charge in [-0.15, -0.1) is 0 Å². The Bertz CT molecular complexity index is 531. The third kappa shape index (κ3) is 2.44. The number of hydrogen-bond donors (Lipinski definition) is 1. The molecule has 1 nitrogen and oxygen atoms in total. The highest BCUT2D eigenvalue weighted by molar-refractivity contribution is 5.40. The van der Waals surface area contributed by atoms with E-state index in [2.05, 4.69) is 37.4 Å². The second-order valence-corrected chi connectivity index (χ2v) is 4.56. The lowest BCUT2D eigenvalue weighted by molar-refractivity contribution is 0.623. The average Bonchev–Trinajstić information content (AvgIpc) is 2.37. The first-order chi connectivity index (χ1) is 8.63. The molecule has 0 bridgehead atoms. The van der Waals surface area contributed by atoms with Gasteiger partial charge in [-0.2, -0.15) is 0 Å². The largest absolute Gasteiger partial charge is 0.309 e. The molecule has 1 atom stereocenters. The third-order valence-electron chi connectivity index (χ3n) is 3.45. The maximum Gasteiger partial charge on any atom is 0.123 e. The lowest BCUT2D eigenvalue weighted by Crippen LogP contribution is -2.19. The normalized spacial score (nSPS) is 12.4. The highest BCUT2D eigenvalue weighted by Gasteiger charge is 2.14. The van der Waals surface area contributed by atoms with Crippen LogP contribution < -0.4 is 5.32 Å². The molecule has 2 heteroatoms. The third-order valence-corrected chi connectivity index (χ3v) is 3.45. The first-order valence-electron chi connectivity index (χ1n) is 6.12. The summed E-state index contributed by atoms with van der Waals surface area (Å²) in [5.74, 6) is -0.199. The van der Waals surface area contributed by atoms with Gasteiger partial charge in [0.1, 0.15) is 5.82 Å². The number of benzene rings is 2. The monoisotopic (exact) mass is 243 g/mol. The van der Waals surface area contributed by atoms with E-state index in [1.807, 2.05) is 19.2 Å². The highest BCUT2D eigenvalue weighted by atomic mass is 19.1. The van der Waals surface area contributed by atoms with Crippen molar-refractivity contribution in [2.75, 3.05) is 7.05 Å². The van der Waals surface area contributed by atoms with Crippen LogP contribution in [0.2, 0.25) is 0 Å². The van der Waals surface area contributed by atoms with Gasteiger partial charge < -0.3 is 5.32 Å². The Hall–Kier alpha value is -1.67. The number of halogens is 1. The quantitative estimate of drug-likeness (QED) is 0.865. The summed E-state index contributed by atoms with van der Waals surface area (Å²) < 4.78 is 13.0. The van der Waals surface area contributed by atoms with E-state index < -0.39 is 0 Å². The summed E-state index contributed by atoms with van der Waals surface area (Å²) in [4.78, 5) is 0. The number of aryl methyl sites for hydroxylation is 1. The molecule has 0 aliphatic rings. The van der Waals surface area contributed by atoms with Gasteiger partial charge in [0.2, 0.25) is 0 Å². The van der Waals surface area contributed by atoms with Gasteiger partial charge in [0, 0.05) is 0 Å². The lowest BCUT2D eigenvalue weighted by Gasteiger charge is -2.20. The van der Waals surface area contributed by atoms with E-state index in [-0.39, 0.29) is 11.9 Å². The molecule has 2 rings (SSSR count). The van der Waals surface area contributed by atoms with E-state index in [1.54, 1.807) is 0 Å². The van der Waals surface area contributed by atoms with Gasteiger partial charge in [-0.1, -0.05) is 30.3 Å². The van der Waals surface area contributed by atoms with Crippen molar-refractivity contribution in [3.8, 4) is 0 Å². The zero-order valence-electron chi connectivity index (χ0n) is 11.0. The van der Waals surface area contributed by atoms with Crippen LogP contribution in [0.4, 0.5) is 4.39 Å². The fraction of sp³-hybridized carbons (Fsp3) is 0.250. The second-order valence-electron chi connectivity index (χ2n) is 4.56. The predicted molar refractivity (Wildman–Crippen MR) is 73.2 cm³/mol. The van der Waals surface area contributed by atoms with E-state index >= 15 is 0 Å². The molecular weight excluding hydrogens is 225 g/mol. The van der Waals surface area contributed by atoms with Gasteiger partial charge >= 0.3 is 0 Å². The van der Waals surface area contributed by atoms with Crippen LogP contribution in [-0.4, -0.2) is 7.05 Å². The second kappa shape index (κ2) is 5.32. The molecule has 0 aliphatic heterocycles. The van der Waals surface area contributed by atoms with E-state index in [1.165, 1.54) is 28.8 Å². The predicted octanol–water partition coefficient (Wildman–Crippen LogP) is 3.75. The molecule has 1 unspecified atom stereocenters. The molecule has 18 heavy (non-hydrogen) atoms. The van der Waals surface area contributed by atoms with Gasteiger partial charge in [-0.3, -0.25) is 0 Å². The van der Waals surface area contributed by atoms with Crippen molar-refractivity contribution in [1.29, 1.82) is 0 Å². The van der Waals surface area contributed by atoms with Crippen molar-refractivity contribution in [1.82, 2.24) is 5.32 Å². The zero-order valence-corrected chi connectivity index (χ0v) is 11.0. The van der Waals surface area contributed by atoms with Gasteiger partial charge in [-0.25, -0.2) is 4.39 Å². The van der Waals surface area contributed by atoms with Crippen LogP contribution in [0.25, 0.3) is 0 Å². The number of nitrogens with one attached hydrogen (secondary N) is 1. The number of hydrogen-bond acceptors (Lipinski definition) is 1. The van der Waals surface area contributed by atoms with Crippen LogP contribution in [0, 0.1) is 19.7 Å². The minimum atomic E-state index is -0.199. The Morgan fingerprint density at radius 2 is 1.67 bits per heavy atom. The highest BCUT2D eigenvalue weighted by Crippen LogP contribution is 2.26. The smallest absolute Gasteiger partial charge is 0.123 e. The van der Waals surface area contributed by atoms with Crippen LogP contribution in [0.5, 0.6) is 0 Å². The summed E-state index contributed by atoms with van der Waals surface area (Å²) in [5, 5.41) is 3.30. The van der Waals surface area contributed by atoms with Crippen molar-refractivity contribution >= 4 is 0 Å². The Kier molecular flexibility index (Phi) is 3.78. The topological polar surface area (TPSA) is 12.0 Å². The molecule has 0 spiro atoms. The minimum absolute atomic E-state index is 0.102. The average molecular weight is 243 g/mol. The van der Waals surface area contributed by atoms with E-state index in [4.69, 9.17) is 0 Å². The van der Waals surface area contributed by atoms with Crippen LogP contribution in [0.1, 0.15) is 28.3 Å².